The Kier molecular flexibility index (Phi) is 4.50. The van der Waals surface area contributed by atoms with Crippen molar-refractivity contribution in [2.24, 2.45) is 11.8 Å². The molecule has 0 aliphatic carbocycles. The number of nitrogen functional groups attached to an aromatic ring is 1. The first-order chi connectivity index (χ1) is 9.10. The van der Waals surface area contributed by atoms with E-state index in [1.54, 1.807) is 6.07 Å². The minimum absolute atomic E-state index is 0.345. The molecule has 2 rings (SSSR count). The van der Waals surface area contributed by atoms with E-state index < -0.39 is 0 Å². The van der Waals surface area contributed by atoms with Crippen LogP contribution in [0.15, 0.2) is 18.2 Å². The van der Waals surface area contributed by atoms with Gasteiger partial charge in [0.1, 0.15) is 5.69 Å². The average Bonchev–Trinajstić information content (AvgIpc) is 2.42. The maximum absolute atomic E-state index is 11.5. The van der Waals surface area contributed by atoms with Crippen LogP contribution in [-0.2, 0) is 6.54 Å². The lowest BCUT2D eigenvalue weighted by Gasteiger charge is -2.36. The van der Waals surface area contributed by atoms with Gasteiger partial charge in [0.05, 0.1) is 5.69 Å². The van der Waals surface area contributed by atoms with Crippen molar-refractivity contribution in [1.82, 2.24) is 15.3 Å². The predicted molar refractivity (Wildman–Crippen MR) is 74.2 cm³/mol. The molecule has 5 heteroatoms. The van der Waals surface area contributed by atoms with E-state index in [2.05, 4.69) is 29.2 Å². The van der Waals surface area contributed by atoms with Gasteiger partial charge in [-0.25, -0.2) is 10.8 Å². The third-order valence-corrected chi connectivity index (χ3v) is 3.78. The Hall–Kier alpha value is -1.46. The molecule has 1 aliphatic heterocycles. The van der Waals surface area contributed by atoms with E-state index in [4.69, 9.17) is 5.84 Å². The van der Waals surface area contributed by atoms with Gasteiger partial charge in [-0.1, -0.05) is 13.0 Å². The third kappa shape index (κ3) is 3.52. The molecule has 0 radical (unpaired) electrons. The number of hydrazine groups is 1. The van der Waals surface area contributed by atoms with Gasteiger partial charge in [0.25, 0.3) is 5.91 Å². The fourth-order valence-corrected chi connectivity index (χ4v) is 2.58. The van der Waals surface area contributed by atoms with E-state index in [9.17, 15) is 4.79 Å². The van der Waals surface area contributed by atoms with Crippen LogP contribution in [0.4, 0.5) is 0 Å². The summed E-state index contributed by atoms with van der Waals surface area (Å²) >= 11 is 0. The molecule has 0 aromatic carbocycles. The summed E-state index contributed by atoms with van der Waals surface area (Å²) in [5.74, 6) is 5.51. The summed E-state index contributed by atoms with van der Waals surface area (Å²) in [5, 5.41) is 0. The summed E-state index contributed by atoms with van der Waals surface area (Å²) in [6.45, 7) is 6.42. The van der Waals surface area contributed by atoms with E-state index in [-0.39, 0.29) is 5.91 Å². The molecule has 2 heterocycles. The lowest BCUT2D eigenvalue weighted by molar-refractivity contribution is 0.0946. The maximum atomic E-state index is 11.5. The summed E-state index contributed by atoms with van der Waals surface area (Å²) in [6.07, 6.45) is 2.52. The second kappa shape index (κ2) is 6.12. The van der Waals surface area contributed by atoms with Gasteiger partial charge in [0, 0.05) is 19.1 Å². The number of rotatable bonds is 3. The van der Waals surface area contributed by atoms with Crippen molar-refractivity contribution in [3.05, 3.63) is 29.6 Å². The summed E-state index contributed by atoms with van der Waals surface area (Å²) in [7, 11) is 0. The van der Waals surface area contributed by atoms with Crippen molar-refractivity contribution in [3.8, 4) is 0 Å². The number of pyridine rings is 1. The number of aromatic nitrogens is 1. The number of carbonyl (C=O) groups is 1. The number of likely N-dealkylation sites (tertiary alicyclic amines) is 1. The molecule has 2 atom stereocenters. The van der Waals surface area contributed by atoms with Crippen LogP contribution in [0.25, 0.3) is 0 Å². The molecule has 1 fully saturated rings. The zero-order chi connectivity index (χ0) is 13.8. The fraction of sp³-hybridized carbons (Fsp3) is 0.571. The van der Waals surface area contributed by atoms with Crippen molar-refractivity contribution < 1.29 is 4.79 Å². The Labute approximate surface area is 114 Å². The number of nitrogens with two attached hydrogens (primary N) is 1. The first kappa shape index (κ1) is 14.0. The maximum Gasteiger partial charge on any atom is 0.283 e. The number of nitrogens with zero attached hydrogens (tertiary/aromatic N) is 2. The monoisotopic (exact) mass is 262 g/mol. The summed E-state index contributed by atoms with van der Waals surface area (Å²) in [6, 6.07) is 6.06. The molecule has 5 nitrogen and oxygen atoms in total. The van der Waals surface area contributed by atoms with Crippen LogP contribution >= 0.6 is 0 Å². The largest absolute Gasteiger partial charge is 0.295 e. The van der Waals surface area contributed by atoms with E-state index in [0.29, 0.717) is 11.7 Å². The van der Waals surface area contributed by atoms with E-state index in [1.165, 1.54) is 12.8 Å². The smallest absolute Gasteiger partial charge is 0.283 e. The minimum atomic E-state index is -0.345. The quantitative estimate of drug-likeness (QED) is 0.489. The number of amides is 1. The highest BCUT2D eigenvalue weighted by Gasteiger charge is 2.23. The molecule has 0 saturated carbocycles. The van der Waals surface area contributed by atoms with Crippen LogP contribution < -0.4 is 11.3 Å². The number of piperidine rings is 1. The van der Waals surface area contributed by atoms with Crippen LogP contribution in [0.2, 0.25) is 0 Å². The van der Waals surface area contributed by atoms with Gasteiger partial charge in [0.2, 0.25) is 0 Å². The Morgan fingerprint density at radius 3 is 3.00 bits per heavy atom. The second-order valence-corrected chi connectivity index (χ2v) is 5.45. The number of carbonyl (C=O) groups excluding carboxylic acids is 1. The zero-order valence-electron chi connectivity index (χ0n) is 11.6. The van der Waals surface area contributed by atoms with Gasteiger partial charge in [-0.15, -0.1) is 0 Å². The van der Waals surface area contributed by atoms with Gasteiger partial charge in [-0.05, 0) is 37.8 Å². The third-order valence-electron chi connectivity index (χ3n) is 3.78. The van der Waals surface area contributed by atoms with E-state index in [0.717, 1.165) is 24.7 Å². The van der Waals surface area contributed by atoms with E-state index in [1.807, 2.05) is 12.1 Å². The lowest BCUT2D eigenvalue weighted by Crippen LogP contribution is -2.40. The molecule has 3 N–H and O–H groups in total. The van der Waals surface area contributed by atoms with Crippen LogP contribution in [0.1, 0.15) is 42.9 Å². The van der Waals surface area contributed by atoms with Crippen LogP contribution in [0.3, 0.4) is 0 Å². The van der Waals surface area contributed by atoms with Crippen molar-refractivity contribution in [3.63, 3.8) is 0 Å². The highest BCUT2D eigenvalue weighted by molar-refractivity contribution is 5.91. The molecule has 1 saturated heterocycles. The molecule has 1 aromatic heterocycles. The molecule has 1 amide bonds. The number of hydrogen-bond acceptors (Lipinski definition) is 4. The fourth-order valence-electron chi connectivity index (χ4n) is 2.58. The SMILES string of the molecule is CC1CCC(C)N(Cc2cccc(C(=O)NN)n2)C1. The van der Waals surface area contributed by atoms with Gasteiger partial charge in [-0.2, -0.15) is 0 Å². The van der Waals surface area contributed by atoms with Crippen LogP contribution in [-0.4, -0.2) is 28.4 Å². The molecule has 1 aromatic rings. The van der Waals surface area contributed by atoms with Crippen molar-refractivity contribution in [2.45, 2.75) is 39.3 Å². The van der Waals surface area contributed by atoms with Gasteiger partial charge in [-0.3, -0.25) is 15.1 Å². The molecule has 19 heavy (non-hydrogen) atoms. The van der Waals surface area contributed by atoms with Crippen LogP contribution in [0.5, 0.6) is 0 Å². The Morgan fingerprint density at radius 2 is 2.26 bits per heavy atom. The van der Waals surface area contributed by atoms with Crippen molar-refractivity contribution in [1.29, 1.82) is 0 Å². The van der Waals surface area contributed by atoms with Gasteiger partial charge >= 0.3 is 0 Å². The summed E-state index contributed by atoms with van der Waals surface area (Å²) < 4.78 is 0. The Bertz CT molecular complexity index is 449. The molecule has 2 unspecified atom stereocenters. The minimum Gasteiger partial charge on any atom is -0.295 e. The highest BCUT2D eigenvalue weighted by atomic mass is 16.2. The normalized spacial score (nSPS) is 24.2. The first-order valence-electron chi connectivity index (χ1n) is 6.81. The van der Waals surface area contributed by atoms with Crippen molar-refractivity contribution in [2.75, 3.05) is 6.54 Å². The molecular weight excluding hydrogens is 240 g/mol. The zero-order valence-corrected chi connectivity index (χ0v) is 11.6. The topological polar surface area (TPSA) is 71.2 Å². The molecule has 0 spiro atoms. The van der Waals surface area contributed by atoms with E-state index >= 15 is 0 Å². The molecule has 1 aliphatic rings. The molecule has 104 valence electrons. The predicted octanol–water partition coefficient (Wildman–Crippen LogP) is 1.31. The first-order valence-corrected chi connectivity index (χ1v) is 6.81. The second-order valence-electron chi connectivity index (χ2n) is 5.45. The summed E-state index contributed by atoms with van der Waals surface area (Å²) in [5.41, 5.74) is 3.40. The average molecular weight is 262 g/mol. The van der Waals surface area contributed by atoms with Gasteiger partial charge < -0.3 is 0 Å². The standard InChI is InChI=1S/C14H22N4O/c1-10-6-7-11(2)18(8-10)9-12-4-3-5-13(16-12)14(19)17-15/h3-5,10-11H,6-9,15H2,1-2H3,(H,17,19). The lowest BCUT2D eigenvalue weighted by atomic mass is 9.95. The Balaban J connectivity index is 2.08. The molecule has 0 bridgehead atoms. The van der Waals surface area contributed by atoms with Crippen molar-refractivity contribution >= 4 is 5.91 Å². The summed E-state index contributed by atoms with van der Waals surface area (Å²) in [4.78, 5) is 18.3. The Morgan fingerprint density at radius 1 is 1.47 bits per heavy atom. The molecular formula is C14H22N4O. The number of hydrogen-bond donors (Lipinski definition) is 2. The van der Waals surface area contributed by atoms with Crippen LogP contribution in [0, 0.1) is 5.92 Å². The van der Waals surface area contributed by atoms with Gasteiger partial charge in [0.15, 0.2) is 0 Å². The number of nitrogens with one attached hydrogen (secondary N) is 1. The highest BCUT2D eigenvalue weighted by Crippen LogP contribution is 2.22.